The van der Waals surface area contributed by atoms with Crippen LogP contribution < -0.4 is 9.80 Å². The minimum atomic E-state index is -0.382. The van der Waals surface area contributed by atoms with E-state index in [2.05, 4.69) is 362 Å². The van der Waals surface area contributed by atoms with Gasteiger partial charge in [-0.1, -0.05) is 273 Å². The fourth-order valence-corrected chi connectivity index (χ4v) is 13.3. The highest BCUT2D eigenvalue weighted by Gasteiger charge is 2.37. The zero-order valence-electron chi connectivity index (χ0n) is 55.3. The maximum Gasteiger partial charge on any atom is 0.0451 e. The van der Waals surface area contributed by atoms with E-state index in [0.29, 0.717) is 0 Å². The van der Waals surface area contributed by atoms with Crippen molar-refractivity contribution in [3.05, 3.63) is 333 Å². The Kier molecular flexibility index (Phi) is 17.5. The molecule has 2 nitrogen and oxygen atoms in total. The first-order valence-electron chi connectivity index (χ1n) is 32.2. The van der Waals surface area contributed by atoms with Crippen molar-refractivity contribution in [2.24, 2.45) is 0 Å². The molecule has 0 fully saturated rings. The van der Waals surface area contributed by atoms with Crippen LogP contribution in [0.2, 0.25) is 0 Å². The molecule has 0 radical (unpaired) electrons. The van der Waals surface area contributed by atoms with Crippen LogP contribution in [0.4, 0.5) is 22.7 Å². The third-order valence-corrected chi connectivity index (χ3v) is 20.3. The molecular weight excluding hydrogens is 1070 g/mol. The van der Waals surface area contributed by atoms with Crippen molar-refractivity contribution in [1.29, 1.82) is 0 Å². The van der Waals surface area contributed by atoms with Crippen LogP contribution in [0.3, 0.4) is 0 Å². The van der Waals surface area contributed by atoms with Gasteiger partial charge in [0.25, 0.3) is 0 Å². The summed E-state index contributed by atoms with van der Waals surface area (Å²) in [5.74, 6) is 0. The third-order valence-electron chi connectivity index (χ3n) is 20.3. The number of aryl methyl sites for hydroxylation is 5. The summed E-state index contributed by atoms with van der Waals surface area (Å²) in [5.41, 5.74) is 29.3. The Morgan fingerprint density at radius 1 is 0.258 bits per heavy atom. The lowest BCUT2D eigenvalue weighted by atomic mass is 9.65. The van der Waals surface area contributed by atoms with Gasteiger partial charge in [-0.25, -0.2) is 0 Å². The molecule has 89 heavy (non-hydrogen) atoms. The molecule has 2 heteroatoms. The molecule has 0 N–H and O–H groups in total. The van der Waals surface area contributed by atoms with E-state index in [1.807, 2.05) is 0 Å². The first kappa shape index (κ1) is 61.7. The number of rotatable bonds is 19. The van der Waals surface area contributed by atoms with Gasteiger partial charge in [0.2, 0.25) is 0 Å². The molecule has 0 heterocycles. The van der Waals surface area contributed by atoms with Crippen molar-refractivity contribution < 1.29 is 0 Å². The molecule has 1 unspecified atom stereocenters. The van der Waals surface area contributed by atoms with E-state index in [-0.39, 0.29) is 21.7 Å². The number of unbranched alkanes of at least 4 members (excludes halogenated alkanes) is 1. The highest BCUT2D eigenvalue weighted by molar-refractivity contribution is 5.73. The molecule has 448 valence electrons. The largest absolute Gasteiger partial charge is 0.345 e. The van der Waals surface area contributed by atoms with Crippen molar-refractivity contribution in [2.45, 2.75) is 124 Å². The Balaban J connectivity index is 0.843. The summed E-state index contributed by atoms with van der Waals surface area (Å²) in [5, 5.41) is 0. The molecule has 0 bridgehead atoms. The molecule has 0 aliphatic heterocycles. The second kappa shape index (κ2) is 25.3. The van der Waals surface area contributed by atoms with E-state index in [1.54, 1.807) is 0 Å². The van der Waals surface area contributed by atoms with E-state index in [4.69, 9.17) is 0 Å². The van der Waals surface area contributed by atoms with Crippen LogP contribution in [0.5, 0.6) is 0 Å². The maximum atomic E-state index is 2.44. The quantitative estimate of drug-likeness (QED) is 0.0745. The molecule has 0 aromatic heterocycles. The molecular formula is C87H90N2. The predicted octanol–water partition coefficient (Wildman–Crippen LogP) is 23.3. The molecule has 0 spiro atoms. The van der Waals surface area contributed by atoms with Gasteiger partial charge in [-0.15, -0.1) is 0 Å². The molecule has 11 aromatic carbocycles. The molecule has 0 aliphatic rings. The predicted molar refractivity (Wildman–Crippen MR) is 383 cm³/mol. The minimum absolute atomic E-state index is 0.185. The Morgan fingerprint density at radius 2 is 0.483 bits per heavy atom. The normalized spacial score (nSPS) is 12.6. The summed E-state index contributed by atoms with van der Waals surface area (Å²) >= 11 is 0. The van der Waals surface area contributed by atoms with Gasteiger partial charge in [0.05, 0.1) is 0 Å². The van der Waals surface area contributed by atoms with Crippen LogP contribution in [0.1, 0.15) is 146 Å². The van der Waals surface area contributed by atoms with Crippen LogP contribution in [0, 0.1) is 34.6 Å². The van der Waals surface area contributed by atoms with Crippen molar-refractivity contribution in [3.8, 4) is 33.4 Å². The smallest absolute Gasteiger partial charge is 0.0451 e. The van der Waals surface area contributed by atoms with Gasteiger partial charge in [0.15, 0.2) is 0 Å². The van der Waals surface area contributed by atoms with E-state index in [9.17, 15) is 0 Å². The van der Waals surface area contributed by atoms with Crippen LogP contribution in [-0.2, 0) is 21.7 Å². The van der Waals surface area contributed by atoms with Gasteiger partial charge >= 0.3 is 0 Å². The first-order valence-corrected chi connectivity index (χ1v) is 32.2. The zero-order chi connectivity index (χ0) is 62.8. The highest BCUT2D eigenvalue weighted by Crippen LogP contribution is 2.47. The molecule has 11 aromatic rings. The number of nitrogens with zero attached hydrogens (tertiary/aromatic N) is 2. The molecule has 0 saturated carbocycles. The molecule has 0 amide bonds. The van der Waals surface area contributed by atoms with E-state index in [1.165, 1.54) is 134 Å². The van der Waals surface area contributed by atoms with E-state index < -0.39 is 0 Å². The summed E-state index contributed by atoms with van der Waals surface area (Å²) in [7, 11) is 4.29. The van der Waals surface area contributed by atoms with Crippen LogP contribution in [0.15, 0.2) is 255 Å². The monoisotopic (exact) mass is 1160 g/mol. The van der Waals surface area contributed by atoms with Gasteiger partial charge < -0.3 is 9.80 Å². The lowest BCUT2D eigenvalue weighted by molar-refractivity contribution is 0.526. The van der Waals surface area contributed by atoms with E-state index >= 15 is 0 Å². The van der Waals surface area contributed by atoms with Gasteiger partial charge in [-0.3, -0.25) is 0 Å². The second-order valence-electron chi connectivity index (χ2n) is 27.0. The van der Waals surface area contributed by atoms with Gasteiger partial charge in [-0.05, 0) is 195 Å². The number of anilines is 4. The standard InChI is InChI=1S/C87H90N2/c1-15-16-57-87(77-37-27-68(28-38-77)65-21-17-60(2)18-22-65,78-47-43-75(44-48-78)85(9,10)72-35-25-67(26-36-72)70-31-55-81(56-32-70)89(14)83-52-20-62(4)64(6)59-83)79-49-45-76(46-50-79)86(11,12)74-41-39-73(40-42-74)84(7,8)71-33-23-66(24-34-71)69-29-53-80(54-30-69)88(13)82-51-19-61(3)63(5)58-82/h17-56,58-59H,15-16,57H2,1-14H3. The van der Waals surface area contributed by atoms with Crippen molar-refractivity contribution in [1.82, 2.24) is 0 Å². The Labute approximate surface area is 533 Å². The second-order valence-corrected chi connectivity index (χ2v) is 27.0. The first-order chi connectivity index (χ1) is 42.7. The van der Waals surface area contributed by atoms with Gasteiger partial charge in [-0.2, -0.15) is 0 Å². The van der Waals surface area contributed by atoms with Crippen molar-refractivity contribution >= 4 is 22.7 Å². The van der Waals surface area contributed by atoms with Crippen molar-refractivity contribution in [2.75, 3.05) is 23.9 Å². The number of hydrogen-bond donors (Lipinski definition) is 0. The Hall–Kier alpha value is -8.98. The number of benzene rings is 11. The molecule has 0 aliphatic carbocycles. The van der Waals surface area contributed by atoms with Gasteiger partial charge in [0, 0.05) is 58.5 Å². The summed E-state index contributed by atoms with van der Waals surface area (Å²) in [6, 6.07) is 96.8. The summed E-state index contributed by atoms with van der Waals surface area (Å²) in [4.78, 5) is 4.52. The minimum Gasteiger partial charge on any atom is -0.345 e. The summed E-state index contributed by atoms with van der Waals surface area (Å²) in [6.45, 7) is 27.3. The highest BCUT2D eigenvalue weighted by atomic mass is 15.1. The van der Waals surface area contributed by atoms with Crippen LogP contribution in [0.25, 0.3) is 33.4 Å². The Bertz CT molecular complexity index is 4180. The van der Waals surface area contributed by atoms with Crippen molar-refractivity contribution in [3.63, 3.8) is 0 Å². The zero-order valence-corrected chi connectivity index (χ0v) is 55.3. The summed E-state index contributed by atoms with van der Waals surface area (Å²) in [6.07, 6.45) is 3.18. The van der Waals surface area contributed by atoms with E-state index in [0.717, 1.165) is 19.3 Å². The third kappa shape index (κ3) is 12.5. The van der Waals surface area contributed by atoms with Gasteiger partial charge in [0.1, 0.15) is 0 Å². The molecule has 1 atom stereocenters. The SMILES string of the molecule is CCCCC(c1ccc(-c2ccc(C)cc2)cc1)(c1ccc(C(C)(C)c2ccc(-c3ccc(N(C)c4ccc(C)c(C)c4)cc3)cc2)cc1)c1ccc(C(C)(C)c2ccc(C(C)(C)c3ccc(-c4ccc(N(C)c5ccc(C)c(C)c5)cc4)cc3)cc2)cc1. The fourth-order valence-electron chi connectivity index (χ4n) is 13.3. The van der Waals surface area contributed by atoms with Crippen LogP contribution >= 0.6 is 0 Å². The average Bonchev–Trinajstić information content (AvgIpc) is 1.32. The number of hydrogen-bond acceptors (Lipinski definition) is 2. The average molecular weight is 1160 g/mol. The molecule has 0 saturated heterocycles. The molecule has 11 rings (SSSR count). The topological polar surface area (TPSA) is 6.48 Å². The maximum absolute atomic E-state index is 2.44. The van der Waals surface area contributed by atoms with Crippen LogP contribution in [-0.4, -0.2) is 14.1 Å². The fraction of sp³-hybridized carbons (Fsp3) is 0.241. The lowest BCUT2D eigenvalue weighted by Gasteiger charge is -2.38. The Morgan fingerprint density at radius 3 is 0.753 bits per heavy atom. The summed E-state index contributed by atoms with van der Waals surface area (Å²) < 4.78 is 0. The lowest BCUT2D eigenvalue weighted by Crippen LogP contribution is -2.30.